The summed E-state index contributed by atoms with van der Waals surface area (Å²) >= 11 is 0. The highest BCUT2D eigenvalue weighted by molar-refractivity contribution is 6.20. The van der Waals surface area contributed by atoms with Gasteiger partial charge in [0.05, 0.1) is 0 Å². The van der Waals surface area contributed by atoms with Crippen molar-refractivity contribution in [1.82, 2.24) is 10.6 Å². The maximum absolute atomic E-state index is 11.7. The fourth-order valence-corrected chi connectivity index (χ4v) is 1.13. The van der Waals surface area contributed by atoms with E-state index in [-0.39, 0.29) is 0 Å². The summed E-state index contributed by atoms with van der Waals surface area (Å²) in [5.41, 5.74) is -2.07. The monoisotopic (exact) mass is 244 g/mol. The molecule has 0 saturated heterocycles. The van der Waals surface area contributed by atoms with E-state index in [0.717, 1.165) is 6.92 Å². The van der Waals surface area contributed by atoms with Crippen LogP contribution in [0.4, 0.5) is 0 Å². The molecule has 0 radical (unpaired) electrons. The van der Waals surface area contributed by atoms with Crippen LogP contribution in [0.5, 0.6) is 0 Å². The molecule has 0 rings (SSSR count). The Balaban J connectivity index is 4.83. The van der Waals surface area contributed by atoms with Crippen molar-refractivity contribution in [1.29, 1.82) is 0 Å². The number of aliphatic carboxylic acids is 1. The molecule has 17 heavy (non-hydrogen) atoms. The Morgan fingerprint density at radius 1 is 1.00 bits per heavy atom. The molecule has 0 atom stereocenters. The van der Waals surface area contributed by atoms with Crippen molar-refractivity contribution in [3.05, 3.63) is 0 Å². The molecule has 0 aliphatic heterocycles. The topological polar surface area (TPSA) is 95.5 Å². The van der Waals surface area contributed by atoms with E-state index in [2.05, 4.69) is 10.6 Å². The molecule has 0 aromatic rings. The van der Waals surface area contributed by atoms with Crippen molar-refractivity contribution in [2.75, 3.05) is 13.1 Å². The highest BCUT2D eigenvalue weighted by atomic mass is 16.4. The largest absolute Gasteiger partial charge is 0.480 e. The van der Waals surface area contributed by atoms with Crippen molar-refractivity contribution >= 4 is 17.8 Å². The lowest BCUT2D eigenvalue weighted by Gasteiger charge is -2.22. The maximum Gasteiger partial charge on any atom is 0.328 e. The van der Waals surface area contributed by atoms with E-state index >= 15 is 0 Å². The zero-order valence-electron chi connectivity index (χ0n) is 10.5. The van der Waals surface area contributed by atoms with E-state index in [0.29, 0.717) is 25.9 Å². The molecule has 0 aromatic carbocycles. The van der Waals surface area contributed by atoms with Crippen LogP contribution in [0.25, 0.3) is 0 Å². The molecular formula is C11H20N2O4. The molecule has 6 nitrogen and oxygen atoms in total. The Bertz CT molecular complexity index is 282. The van der Waals surface area contributed by atoms with Crippen molar-refractivity contribution in [2.45, 2.75) is 33.6 Å². The summed E-state index contributed by atoms with van der Waals surface area (Å²) in [5, 5.41) is 13.9. The molecule has 0 unspecified atom stereocenters. The van der Waals surface area contributed by atoms with Gasteiger partial charge >= 0.3 is 5.97 Å². The fourth-order valence-electron chi connectivity index (χ4n) is 1.13. The second-order valence-corrected chi connectivity index (χ2v) is 3.94. The van der Waals surface area contributed by atoms with Gasteiger partial charge < -0.3 is 15.7 Å². The first-order chi connectivity index (χ1) is 7.91. The summed E-state index contributed by atoms with van der Waals surface area (Å²) in [7, 11) is 0. The summed E-state index contributed by atoms with van der Waals surface area (Å²) in [4.78, 5) is 34.5. The number of rotatable bonds is 7. The minimum atomic E-state index is -2.07. The second-order valence-electron chi connectivity index (χ2n) is 3.94. The molecule has 0 aromatic heterocycles. The number of nitrogens with one attached hydrogen (secondary N) is 2. The van der Waals surface area contributed by atoms with E-state index in [1.54, 1.807) is 0 Å². The van der Waals surface area contributed by atoms with Crippen LogP contribution in [0.1, 0.15) is 33.6 Å². The van der Waals surface area contributed by atoms with Crippen LogP contribution in [0.2, 0.25) is 0 Å². The van der Waals surface area contributed by atoms with E-state index in [9.17, 15) is 14.4 Å². The van der Waals surface area contributed by atoms with Gasteiger partial charge in [0.2, 0.25) is 17.2 Å². The van der Waals surface area contributed by atoms with Crippen molar-refractivity contribution < 1.29 is 19.5 Å². The van der Waals surface area contributed by atoms with Crippen molar-refractivity contribution in [2.24, 2.45) is 5.41 Å². The highest BCUT2D eigenvalue weighted by Gasteiger charge is 2.48. The number of carbonyl (C=O) groups excluding carboxylic acids is 2. The van der Waals surface area contributed by atoms with Gasteiger partial charge in [0.25, 0.3) is 0 Å². The van der Waals surface area contributed by atoms with Gasteiger partial charge in [0.1, 0.15) is 0 Å². The summed E-state index contributed by atoms with van der Waals surface area (Å²) in [5.74, 6) is -3.00. The SMILES string of the molecule is CCCNC(=O)C(C)(C(=O)O)C(=O)NCCC. The first-order valence-electron chi connectivity index (χ1n) is 5.71. The third-order valence-electron chi connectivity index (χ3n) is 2.41. The molecule has 0 saturated carbocycles. The minimum Gasteiger partial charge on any atom is -0.480 e. The quantitative estimate of drug-likeness (QED) is 0.555. The van der Waals surface area contributed by atoms with Crippen molar-refractivity contribution in [3.8, 4) is 0 Å². The summed E-state index contributed by atoms with van der Waals surface area (Å²) in [6.07, 6.45) is 1.36. The van der Waals surface area contributed by atoms with E-state index in [4.69, 9.17) is 5.11 Å². The number of amides is 2. The third-order valence-corrected chi connectivity index (χ3v) is 2.41. The number of hydrogen-bond acceptors (Lipinski definition) is 3. The van der Waals surface area contributed by atoms with E-state index < -0.39 is 23.2 Å². The molecule has 6 heteroatoms. The lowest BCUT2D eigenvalue weighted by molar-refractivity contribution is -0.160. The number of carbonyl (C=O) groups is 3. The number of carboxylic acids is 1. The molecule has 0 heterocycles. The van der Waals surface area contributed by atoms with E-state index in [1.807, 2.05) is 13.8 Å². The van der Waals surface area contributed by atoms with Gasteiger partial charge in [-0.2, -0.15) is 0 Å². The summed E-state index contributed by atoms with van der Waals surface area (Å²) < 4.78 is 0. The lowest BCUT2D eigenvalue weighted by atomic mass is 9.88. The molecule has 98 valence electrons. The van der Waals surface area contributed by atoms with Gasteiger partial charge in [0.15, 0.2) is 0 Å². The van der Waals surface area contributed by atoms with Gasteiger partial charge in [-0.15, -0.1) is 0 Å². The second kappa shape index (κ2) is 6.88. The normalized spacial score (nSPS) is 10.8. The fraction of sp³-hybridized carbons (Fsp3) is 0.727. The molecule has 0 spiro atoms. The van der Waals surface area contributed by atoms with Gasteiger partial charge in [-0.25, -0.2) is 0 Å². The van der Waals surface area contributed by atoms with E-state index in [1.165, 1.54) is 0 Å². The Labute approximate surface area is 101 Å². The molecule has 3 N–H and O–H groups in total. The Morgan fingerprint density at radius 2 is 1.35 bits per heavy atom. The third kappa shape index (κ3) is 3.72. The van der Waals surface area contributed by atoms with Crippen LogP contribution < -0.4 is 10.6 Å². The summed E-state index contributed by atoms with van der Waals surface area (Å²) in [6.45, 7) is 5.50. The average Bonchev–Trinajstić information content (AvgIpc) is 2.31. The highest BCUT2D eigenvalue weighted by Crippen LogP contribution is 2.17. The molecule has 0 fully saturated rings. The zero-order chi connectivity index (χ0) is 13.5. The van der Waals surface area contributed by atoms with Crippen LogP contribution in [-0.2, 0) is 14.4 Å². The van der Waals surface area contributed by atoms with Gasteiger partial charge in [0, 0.05) is 13.1 Å². The van der Waals surface area contributed by atoms with Crippen molar-refractivity contribution in [3.63, 3.8) is 0 Å². The summed E-state index contributed by atoms with van der Waals surface area (Å²) in [6, 6.07) is 0. The number of hydrogen-bond donors (Lipinski definition) is 3. The Hall–Kier alpha value is -1.59. The average molecular weight is 244 g/mol. The molecule has 0 aliphatic rings. The predicted octanol–water partition coefficient (Wildman–Crippen LogP) is 0.130. The first-order valence-corrected chi connectivity index (χ1v) is 5.71. The first kappa shape index (κ1) is 15.4. The van der Waals surface area contributed by atoms with Crippen LogP contribution in [0, 0.1) is 5.41 Å². The van der Waals surface area contributed by atoms with Crippen LogP contribution >= 0.6 is 0 Å². The minimum absolute atomic E-state index is 0.350. The van der Waals surface area contributed by atoms with Crippen LogP contribution in [-0.4, -0.2) is 36.0 Å². The predicted molar refractivity (Wildman–Crippen MR) is 62.3 cm³/mol. The van der Waals surface area contributed by atoms with Crippen LogP contribution in [0.3, 0.4) is 0 Å². The van der Waals surface area contributed by atoms with Gasteiger partial charge in [-0.1, -0.05) is 13.8 Å². The molecular weight excluding hydrogens is 224 g/mol. The van der Waals surface area contributed by atoms with Gasteiger partial charge in [-0.3, -0.25) is 14.4 Å². The Morgan fingerprint density at radius 3 is 1.59 bits per heavy atom. The molecule has 2 amide bonds. The van der Waals surface area contributed by atoms with Crippen LogP contribution in [0.15, 0.2) is 0 Å². The molecule has 0 bridgehead atoms. The van der Waals surface area contributed by atoms with Gasteiger partial charge in [-0.05, 0) is 19.8 Å². The Kier molecular flexibility index (Phi) is 6.23. The smallest absolute Gasteiger partial charge is 0.328 e. The maximum atomic E-state index is 11.7. The zero-order valence-corrected chi connectivity index (χ0v) is 10.5. The molecule has 0 aliphatic carbocycles. The lowest BCUT2D eigenvalue weighted by Crippen LogP contribution is -2.54. The number of carboxylic acid groups (broad SMARTS) is 1. The standard InChI is InChI=1S/C11H20N2O4/c1-4-6-12-8(14)11(3,10(16)17)9(15)13-7-5-2/h4-7H2,1-3H3,(H,12,14)(H,13,15)(H,16,17).